The van der Waals surface area contributed by atoms with Crippen molar-refractivity contribution in [3.05, 3.63) is 83.2 Å². The lowest BCUT2D eigenvalue weighted by molar-refractivity contribution is -0.137. The van der Waals surface area contributed by atoms with Gasteiger partial charge >= 0.3 is 6.18 Å². The molecule has 0 aliphatic heterocycles. The Bertz CT molecular complexity index is 1450. The summed E-state index contributed by atoms with van der Waals surface area (Å²) in [6.07, 6.45) is -2.34. The molecule has 1 aromatic carbocycles. The number of nitrogens with one attached hydrogen (secondary N) is 2. The molecule has 0 radical (unpaired) electrons. The first-order valence-corrected chi connectivity index (χ1v) is 11.9. The molecular formula is C24H23F4N9O3. The summed E-state index contributed by atoms with van der Waals surface area (Å²) in [6.45, 7) is -0.149. The smallest absolute Gasteiger partial charge is 0.416 e. The van der Waals surface area contributed by atoms with Crippen molar-refractivity contribution in [3.63, 3.8) is 0 Å². The van der Waals surface area contributed by atoms with Gasteiger partial charge in [0.1, 0.15) is 11.9 Å². The van der Waals surface area contributed by atoms with E-state index in [0.29, 0.717) is 0 Å². The van der Waals surface area contributed by atoms with Crippen LogP contribution in [-0.4, -0.2) is 58.1 Å². The van der Waals surface area contributed by atoms with Gasteiger partial charge in [0.25, 0.3) is 11.8 Å². The number of rotatable bonds is 11. The van der Waals surface area contributed by atoms with Crippen LogP contribution in [0.2, 0.25) is 0 Å². The average molecular weight is 562 g/mol. The number of hydrogen-bond donors (Lipinski definition) is 3. The first kappa shape index (κ1) is 28.1. The van der Waals surface area contributed by atoms with Crippen LogP contribution < -0.4 is 10.6 Å². The molecule has 0 saturated heterocycles. The summed E-state index contributed by atoms with van der Waals surface area (Å²) in [5.74, 6) is -1.06. The number of hydrogen-bond acceptors (Lipinski definition) is 8. The molecule has 16 heteroatoms. The van der Waals surface area contributed by atoms with Crippen LogP contribution in [0.1, 0.15) is 44.2 Å². The zero-order valence-corrected chi connectivity index (χ0v) is 20.7. The van der Waals surface area contributed by atoms with Crippen molar-refractivity contribution in [3.8, 4) is 5.75 Å². The Morgan fingerprint density at radius 1 is 0.925 bits per heavy atom. The number of carbonyl (C=O) groups is 2. The number of aromatic nitrogens is 7. The topological polar surface area (TPSA) is 153 Å². The Morgan fingerprint density at radius 2 is 1.55 bits per heavy atom. The highest BCUT2D eigenvalue weighted by Crippen LogP contribution is 2.28. The average Bonchev–Trinajstić information content (AvgIpc) is 3.60. The second-order valence-electron chi connectivity index (χ2n) is 8.64. The molecule has 1 atom stereocenters. The zero-order chi connectivity index (χ0) is 28.7. The van der Waals surface area contributed by atoms with Gasteiger partial charge in [0.2, 0.25) is 0 Å². The molecule has 2 amide bonds. The van der Waals surface area contributed by atoms with E-state index in [9.17, 15) is 32.3 Å². The molecule has 3 heterocycles. The fourth-order valence-corrected chi connectivity index (χ4v) is 3.47. The monoisotopic (exact) mass is 561 g/mol. The number of benzene rings is 1. The van der Waals surface area contributed by atoms with Crippen LogP contribution in [0.5, 0.6) is 5.75 Å². The molecule has 210 valence electrons. The van der Waals surface area contributed by atoms with Gasteiger partial charge in [-0.15, -0.1) is 10.2 Å². The molecule has 3 aromatic heterocycles. The molecule has 1 unspecified atom stereocenters. The van der Waals surface area contributed by atoms with Gasteiger partial charge in [0, 0.05) is 25.7 Å². The second-order valence-corrected chi connectivity index (χ2v) is 8.64. The van der Waals surface area contributed by atoms with Crippen molar-refractivity contribution in [1.29, 1.82) is 0 Å². The number of aromatic hydroxyl groups is 1. The van der Waals surface area contributed by atoms with Gasteiger partial charge in [0.15, 0.2) is 11.4 Å². The van der Waals surface area contributed by atoms with Gasteiger partial charge in [0.05, 0.1) is 36.7 Å². The van der Waals surface area contributed by atoms with Crippen LogP contribution in [0.15, 0.2) is 55.0 Å². The van der Waals surface area contributed by atoms with E-state index in [0.717, 1.165) is 28.6 Å². The highest BCUT2D eigenvalue weighted by atomic mass is 19.4. The van der Waals surface area contributed by atoms with E-state index in [2.05, 4.69) is 36.2 Å². The van der Waals surface area contributed by atoms with E-state index in [1.807, 2.05) is 0 Å². The van der Waals surface area contributed by atoms with Crippen LogP contribution in [0.4, 0.5) is 17.6 Å². The molecule has 0 bridgehead atoms. The minimum Gasteiger partial charge on any atom is -0.508 e. The lowest BCUT2D eigenvalue weighted by atomic mass is 10.2. The fraction of sp³-hybridized carbons (Fsp3) is 0.292. The number of carbonyl (C=O) groups excluding carboxylic acids is 2. The third-order valence-corrected chi connectivity index (χ3v) is 5.56. The van der Waals surface area contributed by atoms with Crippen LogP contribution >= 0.6 is 0 Å². The van der Waals surface area contributed by atoms with E-state index in [-0.39, 0.29) is 55.4 Å². The van der Waals surface area contributed by atoms with Crippen LogP contribution in [0.25, 0.3) is 0 Å². The van der Waals surface area contributed by atoms with E-state index in [1.54, 1.807) is 12.1 Å². The van der Waals surface area contributed by atoms with E-state index < -0.39 is 29.7 Å². The summed E-state index contributed by atoms with van der Waals surface area (Å²) in [5.41, 5.74) is -0.187. The Hall–Kier alpha value is -4.89. The first-order chi connectivity index (χ1) is 19.1. The molecule has 4 aromatic rings. The van der Waals surface area contributed by atoms with E-state index in [4.69, 9.17) is 0 Å². The molecule has 0 fully saturated rings. The Morgan fingerprint density at radius 3 is 2.23 bits per heavy atom. The third kappa shape index (κ3) is 7.81. The van der Waals surface area contributed by atoms with Crippen molar-refractivity contribution < 1.29 is 32.3 Å². The fourth-order valence-electron chi connectivity index (χ4n) is 3.47. The van der Waals surface area contributed by atoms with Gasteiger partial charge in [-0.3, -0.25) is 19.3 Å². The number of nitrogens with zero attached hydrogens (tertiary/aromatic N) is 7. The predicted molar refractivity (Wildman–Crippen MR) is 129 cm³/mol. The van der Waals surface area contributed by atoms with Crippen molar-refractivity contribution in [2.24, 2.45) is 0 Å². The predicted octanol–water partition coefficient (Wildman–Crippen LogP) is 2.28. The van der Waals surface area contributed by atoms with E-state index in [1.165, 1.54) is 29.2 Å². The largest absolute Gasteiger partial charge is 0.508 e. The number of alkyl halides is 4. The highest BCUT2D eigenvalue weighted by Gasteiger charge is 2.30. The molecule has 40 heavy (non-hydrogen) atoms. The first-order valence-electron chi connectivity index (χ1n) is 11.9. The molecule has 0 saturated carbocycles. The Balaban J connectivity index is 1.21. The molecule has 12 nitrogen and oxygen atoms in total. The molecule has 3 N–H and O–H groups in total. The number of pyridine rings is 1. The van der Waals surface area contributed by atoms with Crippen molar-refractivity contribution >= 4 is 11.8 Å². The summed E-state index contributed by atoms with van der Waals surface area (Å²) in [6, 6.07) is 7.98. The summed E-state index contributed by atoms with van der Waals surface area (Å²) in [5, 5.41) is 29.4. The second kappa shape index (κ2) is 12.3. The van der Waals surface area contributed by atoms with E-state index >= 15 is 0 Å². The molecule has 0 aliphatic rings. The summed E-state index contributed by atoms with van der Waals surface area (Å²) in [7, 11) is 0. The molecule has 4 rings (SSSR count). The number of halogens is 4. The quantitative estimate of drug-likeness (QED) is 0.236. The van der Waals surface area contributed by atoms with Crippen molar-refractivity contribution in [2.75, 3.05) is 0 Å². The third-order valence-electron chi connectivity index (χ3n) is 5.56. The maximum atomic E-state index is 14.5. The lowest BCUT2D eigenvalue weighted by Crippen LogP contribution is -2.24. The number of amides is 2. The van der Waals surface area contributed by atoms with Gasteiger partial charge in [-0.1, -0.05) is 22.6 Å². The summed E-state index contributed by atoms with van der Waals surface area (Å²) >= 11 is 0. The van der Waals surface area contributed by atoms with Crippen LogP contribution in [-0.2, 0) is 32.4 Å². The lowest BCUT2D eigenvalue weighted by Gasteiger charge is -2.08. The Labute approximate surface area is 224 Å². The Kier molecular flexibility index (Phi) is 8.66. The van der Waals surface area contributed by atoms with Gasteiger partial charge in [-0.2, -0.15) is 13.2 Å². The zero-order valence-electron chi connectivity index (χ0n) is 20.7. The normalized spacial score (nSPS) is 12.2. The minimum absolute atomic E-state index is 0.000528. The van der Waals surface area contributed by atoms with Crippen molar-refractivity contribution in [1.82, 2.24) is 45.6 Å². The maximum Gasteiger partial charge on any atom is 0.416 e. The molecule has 0 spiro atoms. The van der Waals surface area contributed by atoms with Gasteiger partial charge in [-0.05, 0) is 29.8 Å². The molecular weight excluding hydrogens is 538 g/mol. The van der Waals surface area contributed by atoms with Crippen LogP contribution in [0.3, 0.4) is 0 Å². The molecule has 0 aliphatic carbocycles. The summed E-state index contributed by atoms with van der Waals surface area (Å²) < 4.78 is 55.5. The van der Waals surface area contributed by atoms with Gasteiger partial charge in [-0.25, -0.2) is 9.07 Å². The number of phenols is 1. The number of phenolic OH excluding ortho intramolecular Hbond substituents is 1. The standard InChI is InChI=1S/C24H23F4N9O3/c25-17(6-8-36-13-20(32-34-36)22(39)30-10-15-1-3-19(38)4-2-15)12-37-14-21(33-35-37)23(40)31-11-18-9-16(5-7-29-18)24(26,27)28/h1-5,7,9,13-14,17,38H,6,8,10-12H2,(H,30,39)(H,31,40). The van der Waals surface area contributed by atoms with Crippen molar-refractivity contribution in [2.45, 2.75) is 44.9 Å². The van der Waals surface area contributed by atoms with Crippen LogP contribution in [0, 0.1) is 0 Å². The SMILES string of the molecule is O=C(NCc1ccc(O)cc1)c1cn(CCC(F)Cn2cc(C(=O)NCc3cc(C(F)(F)F)ccn3)nn2)nn1. The minimum atomic E-state index is -4.53. The maximum absolute atomic E-state index is 14.5. The van der Waals surface area contributed by atoms with Gasteiger partial charge < -0.3 is 15.7 Å². The highest BCUT2D eigenvalue weighted by molar-refractivity contribution is 5.92. The number of aryl methyl sites for hydroxylation is 1. The summed E-state index contributed by atoms with van der Waals surface area (Å²) in [4.78, 5) is 28.3.